The fourth-order valence-corrected chi connectivity index (χ4v) is 3.89. The number of imide groups is 1. The lowest BCUT2D eigenvalue weighted by Gasteiger charge is -2.28. The van der Waals surface area contributed by atoms with Gasteiger partial charge in [0.05, 0.1) is 16.8 Å². The third-order valence-electron chi connectivity index (χ3n) is 5.23. The molecule has 0 spiro atoms. The summed E-state index contributed by atoms with van der Waals surface area (Å²) in [6.45, 7) is 9.28. The summed E-state index contributed by atoms with van der Waals surface area (Å²) < 4.78 is 0. The number of amides is 3. The number of fused-ring (bicyclic) bond motifs is 1. The van der Waals surface area contributed by atoms with Gasteiger partial charge in [0.25, 0.3) is 17.7 Å². The Balaban J connectivity index is 1.83. The van der Waals surface area contributed by atoms with Crippen LogP contribution in [0, 0.1) is 19.3 Å². The number of hydrogen-bond donors (Lipinski definition) is 1. The van der Waals surface area contributed by atoms with E-state index in [1.165, 1.54) is 11.0 Å². The summed E-state index contributed by atoms with van der Waals surface area (Å²) >= 11 is 0. The van der Waals surface area contributed by atoms with E-state index in [0.29, 0.717) is 23.4 Å². The minimum absolute atomic E-state index is 0.0961. The van der Waals surface area contributed by atoms with Crippen LogP contribution in [0.2, 0.25) is 0 Å². The lowest BCUT2D eigenvalue weighted by Crippen LogP contribution is -2.40. The summed E-state index contributed by atoms with van der Waals surface area (Å²) in [4.78, 5) is 41.9. The van der Waals surface area contributed by atoms with Crippen LogP contribution < -0.4 is 10.2 Å². The number of benzene rings is 2. The first-order chi connectivity index (χ1) is 14.0. The second kappa shape index (κ2) is 8.03. The summed E-state index contributed by atoms with van der Waals surface area (Å²) in [5.74, 6) is -1.01. The van der Waals surface area contributed by atoms with Crippen LogP contribution in [0.3, 0.4) is 0 Å². The van der Waals surface area contributed by atoms with Crippen LogP contribution in [-0.2, 0) is 0 Å². The van der Waals surface area contributed by atoms with Gasteiger partial charge in [0.15, 0.2) is 0 Å². The van der Waals surface area contributed by atoms with E-state index in [-0.39, 0.29) is 22.8 Å². The lowest BCUT2D eigenvalue weighted by atomic mass is 9.93. The molecule has 0 atom stereocenters. The van der Waals surface area contributed by atoms with Crippen LogP contribution >= 0.6 is 0 Å². The smallest absolute Gasteiger partial charge is 0.266 e. The molecule has 1 aliphatic rings. The molecule has 0 saturated heterocycles. The normalized spacial score (nSPS) is 13.8. The number of carbonyl (C=O) groups is 3. The van der Waals surface area contributed by atoms with Crippen LogP contribution in [0.15, 0.2) is 36.4 Å². The molecule has 1 N–H and O–H groups in total. The molecule has 158 valence electrons. The highest BCUT2D eigenvalue weighted by atomic mass is 16.2. The molecular formula is C24H29N3O3. The lowest BCUT2D eigenvalue weighted by molar-refractivity contribution is 0.0919. The number of nitrogens with zero attached hydrogens (tertiary/aromatic N) is 2. The van der Waals surface area contributed by atoms with E-state index in [1.807, 2.05) is 46.1 Å². The number of carbonyl (C=O) groups excluding carboxylic acids is 3. The van der Waals surface area contributed by atoms with Crippen molar-refractivity contribution in [2.75, 3.05) is 32.1 Å². The number of nitrogens with one attached hydrogen (secondary N) is 1. The minimum atomic E-state index is -0.397. The van der Waals surface area contributed by atoms with Gasteiger partial charge in [-0.05, 0) is 68.8 Å². The van der Waals surface area contributed by atoms with E-state index in [0.717, 1.165) is 17.7 Å². The molecule has 2 aromatic rings. The van der Waals surface area contributed by atoms with E-state index in [4.69, 9.17) is 0 Å². The SMILES string of the molecule is Cc1ccc(C)c(N2C(=O)c3ccc(C(=O)NCC(C)(C)CN(C)C)cc3C2=O)c1. The van der Waals surface area contributed by atoms with Crippen molar-refractivity contribution in [3.8, 4) is 0 Å². The second-order valence-corrected chi connectivity index (χ2v) is 9.08. The number of rotatable bonds is 6. The molecule has 0 aliphatic carbocycles. The van der Waals surface area contributed by atoms with Crippen molar-refractivity contribution in [1.29, 1.82) is 0 Å². The number of hydrogen-bond acceptors (Lipinski definition) is 4. The first-order valence-electron chi connectivity index (χ1n) is 10.0. The molecule has 0 saturated carbocycles. The van der Waals surface area contributed by atoms with Gasteiger partial charge >= 0.3 is 0 Å². The Kier molecular flexibility index (Phi) is 5.81. The van der Waals surface area contributed by atoms with Gasteiger partial charge in [-0.2, -0.15) is 0 Å². The van der Waals surface area contributed by atoms with Gasteiger partial charge in [-0.3, -0.25) is 14.4 Å². The third-order valence-corrected chi connectivity index (χ3v) is 5.23. The summed E-state index contributed by atoms with van der Waals surface area (Å²) in [5.41, 5.74) is 3.26. The molecule has 30 heavy (non-hydrogen) atoms. The highest BCUT2D eigenvalue weighted by Crippen LogP contribution is 2.31. The van der Waals surface area contributed by atoms with Crippen molar-refractivity contribution in [3.05, 3.63) is 64.2 Å². The fourth-order valence-electron chi connectivity index (χ4n) is 3.89. The van der Waals surface area contributed by atoms with Gasteiger partial charge in [-0.25, -0.2) is 4.90 Å². The standard InChI is InChI=1S/C24H29N3O3/c1-15-7-8-16(2)20(11-15)27-22(29)18-10-9-17(12-19(18)23(27)30)21(28)25-13-24(3,4)14-26(5)6/h7-12H,13-14H2,1-6H3,(H,25,28). The minimum Gasteiger partial charge on any atom is -0.351 e. The Morgan fingerprint density at radius 3 is 2.33 bits per heavy atom. The van der Waals surface area contributed by atoms with Gasteiger partial charge in [-0.15, -0.1) is 0 Å². The van der Waals surface area contributed by atoms with Gasteiger partial charge in [0.1, 0.15) is 0 Å². The molecule has 1 aliphatic heterocycles. The van der Waals surface area contributed by atoms with Crippen molar-refractivity contribution in [3.63, 3.8) is 0 Å². The highest BCUT2D eigenvalue weighted by Gasteiger charge is 2.38. The van der Waals surface area contributed by atoms with E-state index in [1.54, 1.807) is 12.1 Å². The zero-order valence-electron chi connectivity index (χ0n) is 18.5. The molecule has 0 unspecified atom stereocenters. The van der Waals surface area contributed by atoms with Crippen LogP contribution in [0.5, 0.6) is 0 Å². The van der Waals surface area contributed by atoms with Gasteiger partial charge < -0.3 is 10.2 Å². The number of aryl methyl sites for hydroxylation is 2. The third kappa shape index (κ3) is 4.28. The predicted octanol–water partition coefficient (Wildman–Crippen LogP) is 3.42. The molecule has 0 radical (unpaired) electrons. The van der Waals surface area contributed by atoms with E-state index >= 15 is 0 Å². The number of anilines is 1. The van der Waals surface area contributed by atoms with Crippen molar-refractivity contribution >= 4 is 23.4 Å². The van der Waals surface area contributed by atoms with Gasteiger partial charge in [0, 0.05) is 18.7 Å². The predicted molar refractivity (Wildman–Crippen MR) is 118 cm³/mol. The molecule has 0 bridgehead atoms. The summed E-state index contributed by atoms with van der Waals surface area (Å²) in [7, 11) is 3.99. The van der Waals surface area contributed by atoms with E-state index < -0.39 is 5.91 Å². The fraction of sp³-hybridized carbons (Fsp3) is 0.375. The summed E-state index contributed by atoms with van der Waals surface area (Å²) in [6, 6.07) is 10.4. The Morgan fingerprint density at radius 2 is 1.67 bits per heavy atom. The molecule has 0 fully saturated rings. The quantitative estimate of drug-likeness (QED) is 0.745. The first kappa shape index (κ1) is 21.7. The zero-order chi connectivity index (χ0) is 22.2. The van der Waals surface area contributed by atoms with E-state index in [2.05, 4.69) is 24.1 Å². The molecule has 6 heteroatoms. The topological polar surface area (TPSA) is 69.7 Å². The van der Waals surface area contributed by atoms with Crippen LogP contribution in [0.1, 0.15) is 56.0 Å². The Bertz CT molecular complexity index is 1020. The molecular weight excluding hydrogens is 378 g/mol. The monoisotopic (exact) mass is 407 g/mol. The maximum atomic E-state index is 13.1. The molecule has 6 nitrogen and oxygen atoms in total. The molecule has 3 rings (SSSR count). The van der Waals surface area contributed by atoms with Crippen molar-refractivity contribution in [2.45, 2.75) is 27.7 Å². The summed E-state index contributed by atoms with van der Waals surface area (Å²) in [5, 5.41) is 2.95. The molecule has 1 heterocycles. The molecule has 0 aromatic heterocycles. The zero-order valence-corrected chi connectivity index (χ0v) is 18.5. The molecule has 3 amide bonds. The van der Waals surface area contributed by atoms with Crippen LogP contribution in [0.4, 0.5) is 5.69 Å². The average molecular weight is 408 g/mol. The largest absolute Gasteiger partial charge is 0.351 e. The van der Waals surface area contributed by atoms with Crippen molar-refractivity contribution in [1.82, 2.24) is 10.2 Å². The van der Waals surface area contributed by atoms with Crippen molar-refractivity contribution in [2.24, 2.45) is 5.41 Å². The van der Waals surface area contributed by atoms with E-state index in [9.17, 15) is 14.4 Å². The Morgan fingerprint density at radius 1 is 1.00 bits per heavy atom. The second-order valence-electron chi connectivity index (χ2n) is 9.08. The first-order valence-corrected chi connectivity index (χ1v) is 10.0. The summed E-state index contributed by atoms with van der Waals surface area (Å²) in [6.07, 6.45) is 0. The maximum absolute atomic E-state index is 13.1. The van der Waals surface area contributed by atoms with Gasteiger partial charge in [0.2, 0.25) is 0 Å². The van der Waals surface area contributed by atoms with Gasteiger partial charge in [-0.1, -0.05) is 26.0 Å². The van der Waals surface area contributed by atoms with Crippen LogP contribution in [-0.4, -0.2) is 49.8 Å². The highest BCUT2D eigenvalue weighted by molar-refractivity contribution is 6.35. The Hall–Kier alpha value is -2.99. The van der Waals surface area contributed by atoms with Crippen LogP contribution in [0.25, 0.3) is 0 Å². The Labute approximate surface area is 177 Å². The average Bonchev–Trinajstić information content (AvgIpc) is 2.91. The molecule has 2 aromatic carbocycles. The van der Waals surface area contributed by atoms with Crippen molar-refractivity contribution < 1.29 is 14.4 Å². The maximum Gasteiger partial charge on any atom is 0.266 e.